The molecule has 0 bridgehead atoms. The van der Waals surface area contributed by atoms with E-state index in [-0.39, 0.29) is 13.2 Å². The molecule has 0 atom stereocenters. The first-order chi connectivity index (χ1) is 7.67. The molecule has 0 aliphatic heterocycles. The van der Waals surface area contributed by atoms with Crippen LogP contribution in [0.15, 0.2) is 18.3 Å². The lowest BCUT2D eigenvalue weighted by molar-refractivity contribution is 0.0861. The van der Waals surface area contributed by atoms with Gasteiger partial charge in [0.2, 0.25) is 0 Å². The SMILES string of the molecule is CCC(CO)(CO)NCc1ncccc1C. The molecule has 16 heavy (non-hydrogen) atoms. The lowest BCUT2D eigenvalue weighted by atomic mass is 9.98. The van der Waals surface area contributed by atoms with Gasteiger partial charge in [0, 0.05) is 12.7 Å². The van der Waals surface area contributed by atoms with Gasteiger partial charge < -0.3 is 15.5 Å². The Morgan fingerprint density at radius 2 is 2.06 bits per heavy atom. The van der Waals surface area contributed by atoms with E-state index in [2.05, 4.69) is 10.3 Å². The highest BCUT2D eigenvalue weighted by atomic mass is 16.3. The van der Waals surface area contributed by atoms with E-state index < -0.39 is 5.54 Å². The molecule has 0 saturated carbocycles. The van der Waals surface area contributed by atoms with Crippen molar-refractivity contribution in [2.45, 2.75) is 32.4 Å². The van der Waals surface area contributed by atoms with Crippen molar-refractivity contribution in [1.29, 1.82) is 0 Å². The van der Waals surface area contributed by atoms with Crippen LogP contribution in [-0.4, -0.2) is 33.9 Å². The number of nitrogens with zero attached hydrogens (tertiary/aromatic N) is 1. The second-order valence-corrected chi connectivity index (χ2v) is 4.07. The Morgan fingerprint density at radius 1 is 1.38 bits per heavy atom. The smallest absolute Gasteiger partial charge is 0.0648 e. The fourth-order valence-electron chi connectivity index (χ4n) is 1.49. The van der Waals surface area contributed by atoms with Crippen molar-refractivity contribution >= 4 is 0 Å². The van der Waals surface area contributed by atoms with Gasteiger partial charge in [-0.05, 0) is 25.0 Å². The van der Waals surface area contributed by atoms with Crippen LogP contribution in [0.4, 0.5) is 0 Å². The second-order valence-electron chi connectivity index (χ2n) is 4.07. The number of nitrogens with one attached hydrogen (secondary N) is 1. The molecule has 0 aliphatic rings. The average molecular weight is 224 g/mol. The summed E-state index contributed by atoms with van der Waals surface area (Å²) in [6.07, 6.45) is 2.42. The van der Waals surface area contributed by atoms with Crippen LogP contribution in [-0.2, 0) is 6.54 Å². The molecule has 0 aromatic carbocycles. The zero-order valence-electron chi connectivity index (χ0n) is 9.90. The van der Waals surface area contributed by atoms with E-state index >= 15 is 0 Å². The van der Waals surface area contributed by atoms with Gasteiger partial charge in [-0.3, -0.25) is 4.98 Å². The first-order valence-electron chi connectivity index (χ1n) is 5.54. The van der Waals surface area contributed by atoms with E-state index in [0.29, 0.717) is 13.0 Å². The van der Waals surface area contributed by atoms with E-state index in [4.69, 9.17) is 0 Å². The Labute approximate surface area is 96.3 Å². The number of hydrogen-bond donors (Lipinski definition) is 3. The third-order valence-electron chi connectivity index (χ3n) is 3.03. The van der Waals surface area contributed by atoms with Gasteiger partial charge in [0.15, 0.2) is 0 Å². The first-order valence-corrected chi connectivity index (χ1v) is 5.54. The highest BCUT2D eigenvalue weighted by molar-refractivity contribution is 5.17. The summed E-state index contributed by atoms with van der Waals surface area (Å²) in [6, 6.07) is 3.89. The molecule has 4 nitrogen and oxygen atoms in total. The third kappa shape index (κ3) is 3.01. The summed E-state index contributed by atoms with van der Waals surface area (Å²) >= 11 is 0. The van der Waals surface area contributed by atoms with Gasteiger partial charge >= 0.3 is 0 Å². The van der Waals surface area contributed by atoms with E-state index in [1.165, 1.54) is 0 Å². The molecule has 0 amide bonds. The largest absolute Gasteiger partial charge is 0.394 e. The molecule has 4 heteroatoms. The average Bonchev–Trinajstić information content (AvgIpc) is 2.34. The number of hydrogen-bond acceptors (Lipinski definition) is 4. The van der Waals surface area contributed by atoms with Crippen LogP contribution in [0.5, 0.6) is 0 Å². The molecule has 1 heterocycles. The molecular formula is C12H20N2O2. The lowest BCUT2D eigenvalue weighted by Crippen LogP contribution is -2.50. The Bertz CT molecular complexity index is 316. The summed E-state index contributed by atoms with van der Waals surface area (Å²) in [6.45, 7) is 4.33. The Kier molecular flexibility index (Phi) is 4.86. The molecule has 0 radical (unpaired) electrons. The maximum atomic E-state index is 9.28. The van der Waals surface area contributed by atoms with Gasteiger partial charge in [0.1, 0.15) is 0 Å². The minimum atomic E-state index is -0.607. The highest BCUT2D eigenvalue weighted by Crippen LogP contribution is 2.11. The predicted molar refractivity (Wildman–Crippen MR) is 63.0 cm³/mol. The number of aliphatic hydroxyl groups is 2. The lowest BCUT2D eigenvalue weighted by Gasteiger charge is -2.29. The topological polar surface area (TPSA) is 65.4 Å². The second kappa shape index (κ2) is 5.94. The molecule has 1 rings (SSSR count). The van der Waals surface area contributed by atoms with Crippen LogP contribution in [0.3, 0.4) is 0 Å². The first kappa shape index (κ1) is 13.1. The van der Waals surface area contributed by atoms with Gasteiger partial charge in [-0.1, -0.05) is 13.0 Å². The maximum Gasteiger partial charge on any atom is 0.0648 e. The third-order valence-corrected chi connectivity index (χ3v) is 3.03. The molecule has 0 aliphatic carbocycles. The van der Waals surface area contributed by atoms with Crippen LogP contribution < -0.4 is 5.32 Å². The van der Waals surface area contributed by atoms with Crippen molar-refractivity contribution in [2.24, 2.45) is 0 Å². The maximum absolute atomic E-state index is 9.28. The minimum absolute atomic E-state index is 0.0775. The van der Waals surface area contributed by atoms with E-state index in [9.17, 15) is 10.2 Å². The van der Waals surface area contributed by atoms with Crippen molar-refractivity contribution < 1.29 is 10.2 Å². The summed E-state index contributed by atoms with van der Waals surface area (Å²) in [5.74, 6) is 0. The summed E-state index contributed by atoms with van der Waals surface area (Å²) in [5, 5.41) is 21.7. The quantitative estimate of drug-likeness (QED) is 0.662. The van der Waals surface area contributed by atoms with Gasteiger partial charge in [-0.15, -0.1) is 0 Å². The van der Waals surface area contributed by atoms with Gasteiger partial charge in [0.25, 0.3) is 0 Å². The zero-order valence-corrected chi connectivity index (χ0v) is 9.90. The summed E-state index contributed by atoms with van der Waals surface area (Å²) < 4.78 is 0. The van der Waals surface area contributed by atoms with Crippen molar-refractivity contribution in [3.05, 3.63) is 29.6 Å². The fourth-order valence-corrected chi connectivity index (χ4v) is 1.49. The fraction of sp³-hybridized carbons (Fsp3) is 0.583. The molecule has 0 unspecified atom stereocenters. The van der Waals surface area contributed by atoms with E-state index in [0.717, 1.165) is 11.3 Å². The van der Waals surface area contributed by atoms with E-state index in [1.54, 1.807) is 6.20 Å². The standard InChI is InChI=1S/C12H20N2O2/c1-3-12(8-15,9-16)14-7-11-10(2)5-4-6-13-11/h4-6,14-16H,3,7-9H2,1-2H3. The highest BCUT2D eigenvalue weighted by Gasteiger charge is 2.25. The Hall–Kier alpha value is -0.970. The monoisotopic (exact) mass is 224 g/mol. The Balaban J connectivity index is 2.66. The van der Waals surface area contributed by atoms with Crippen LogP contribution in [0.25, 0.3) is 0 Å². The van der Waals surface area contributed by atoms with Crippen LogP contribution >= 0.6 is 0 Å². The van der Waals surface area contributed by atoms with Crippen molar-refractivity contribution in [2.75, 3.05) is 13.2 Å². The predicted octanol–water partition coefficient (Wildman–Crippen LogP) is 0.613. The van der Waals surface area contributed by atoms with Crippen LogP contribution in [0.1, 0.15) is 24.6 Å². The van der Waals surface area contributed by atoms with E-state index in [1.807, 2.05) is 26.0 Å². The number of aromatic nitrogens is 1. The summed E-state index contributed by atoms with van der Waals surface area (Å²) in [4.78, 5) is 4.26. The van der Waals surface area contributed by atoms with Crippen molar-refractivity contribution in [3.63, 3.8) is 0 Å². The zero-order chi connectivity index (χ0) is 12.0. The van der Waals surface area contributed by atoms with Crippen molar-refractivity contribution in [3.8, 4) is 0 Å². The van der Waals surface area contributed by atoms with Gasteiger partial charge in [0.05, 0.1) is 24.4 Å². The number of pyridine rings is 1. The summed E-state index contributed by atoms with van der Waals surface area (Å²) in [7, 11) is 0. The molecule has 0 fully saturated rings. The number of rotatable bonds is 6. The molecule has 3 N–H and O–H groups in total. The van der Waals surface area contributed by atoms with Crippen LogP contribution in [0, 0.1) is 6.92 Å². The van der Waals surface area contributed by atoms with Gasteiger partial charge in [-0.25, -0.2) is 0 Å². The molecule has 90 valence electrons. The molecule has 0 spiro atoms. The molecule has 1 aromatic rings. The molecule has 0 saturated heterocycles. The van der Waals surface area contributed by atoms with Crippen LogP contribution in [0.2, 0.25) is 0 Å². The molecular weight excluding hydrogens is 204 g/mol. The summed E-state index contributed by atoms with van der Waals surface area (Å²) in [5.41, 5.74) is 1.45. The number of aliphatic hydroxyl groups excluding tert-OH is 2. The minimum Gasteiger partial charge on any atom is -0.394 e. The Morgan fingerprint density at radius 3 is 2.56 bits per heavy atom. The normalized spacial score (nSPS) is 11.8. The number of aryl methyl sites for hydroxylation is 1. The van der Waals surface area contributed by atoms with Crippen molar-refractivity contribution in [1.82, 2.24) is 10.3 Å². The molecule has 1 aromatic heterocycles. The van der Waals surface area contributed by atoms with Gasteiger partial charge in [-0.2, -0.15) is 0 Å².